The molecule has 0 spiro atoms. The topological polar surface area (TPSA) is 68.3 Å². The number of aromatic nitrogens is 1. The molecule has 0 aliphatic heterocycles. The number of alkyl halides is 3. The van der Waals surface area contributed by atoms with Gasteiger partial charge in [-0.2, -0.15) is 13.2 Å². The van der Waals surface area contributed by atoms with Gasteiger partial charge in [0.25, 0.3) is 0 Å². The van der Waals surface area contributed by atoms with Crippen molar-refractivity contribution < 1.29 is 27.5 Å². The van der Waals surface area contributed by atoms with Crippen molar-refractivity contribution >= 4 is 51.6 Å². The number of benzene rings is 1. The highest BCUT2D eigenvalue weighted by Gasteiger charge is 2.32. The molecular formula is C22H18ClF3N2O3S2. The van der Waals surface area contributed by atoms with Crippen molar-refractivity contribution in [2.75, 3.05) is 11.9 Å². The maximum absolute atomic E-state index is 12.8. The van der Waals surface area contributed by atoms with Gasteiger partial charge < -0.3 is 10.1 Å². The molecular weight excluding hydrogens is 497 g/mol. The van der Waals surface area contributed by atoms with E-state index in [-0.39, 0.29) is 22.2 Å². The van der Waals surface area contributed by atoms with Crippen molar-refractivity contribution in [3.05, 3.63) is 64.8 Å². The standard InChI is InChI=1S/C22H18ClF3N2O3S2/c1-3-31-21(30)15-10-17(13-7-5-4-6-8-13)33-19(15)28-18(29)12(2)32-20-16(23)9-14(11-27-20)22(24,25)26/h4-12H,3H2,1-2H3,(H,28,29). The second-order valence-corrected chi connectivity index (χ2v) is 9.49. The van der Waals surface area contributed by atoms with Crippen LogP contribution >= 0.6 is 34.7 Å². The summed E-state index contributed by atoms with van der Waals surface area (Å²) in [5.74, 6) is -1.04. The number of nitrogens with one attached hydrogen (secondary N) is 1. The van der Waals surface area contributed by atoms with Gasteiger partial charge in [-0.1, -0.05) is 53.7 Å². The summed E-state index contributed by atoms with van der Waals surface area (Å²) in [5.41, 5.74) is 0.119. The Kier molecular flexibility index (Phi) is 8.04. The number of esters is 1. The number of rotatable bonds is 7. The summed E-state index contributed by atoms with van der Waals surface area (Å²) in [7, 11) is 0. The zero-order chi connectivity index (χ0) is 24.2. The van der Waals surface area contributed by atoms with Crippen LogP contribution in [0.5, 0.6) is 0 Å². The van der Waals surface area contributed by atoms with Crippen LogP contribution in [-0.4, -0.2) is 28.7 Å². The minimum absolute atomic E-state index is 0.0917. The van der Waals surface area contributed by atoms with Gasteiger partial charge in [-0.25, -0.2) is 9.78 Å². The predicted molar refractivity (Wildman–Crippen MR) is 124 cm³/mol. The number of hydrogen-bond acceptors (Lipinski definition) is 6. The van der Waals surface area contributed by atoms with Crippen LogP contribution < -0.4 is 5.32 Å². The normalized spacial score (nSPS) is 12.3. The molecule has 1 unspecified atom stereocenters. The first kappa shape index (κ1) is 25.1. The first-order chi connectivity index (χ1) is 15.6. The van der Waals surface area contributed by atoms with Gasteiger partial charge in [-0.15, -0.1) is 11.3 Å². The molecule has 3 aromatic rings. The molecule has 1 N–H and O–H groups in total. The quantitative estimate of drug-likeness (QED) is 0.278. The zero-order valence-corrected chi connectivity index (χ0v) is 19.8. The number of thioether (sulfide) groups is 1. The summed E-state index contributed by atoms with van der Waals surface area (Å²) < 4.78 is 43.5. The van der Waals surface area contributed by atoms with Crippen molar-refractivity contribution in [1.82, 2.24) is 4.98 Å². The van der Waals surface area contributed by atoms with Crippen LogP contribution in [0.2, 0.25) is 5.02 Å². The molecule has 2 aromatic heterocycles. The van der Waals surface area contributed by atoms with E-state index >= 15 is 0 Å². The van der Waals surface area contributed by atoms with E-state index in [0.717, 1.165) is 28.3 Å². The smallest absolute Gasteiger partial charge is 0.417 e. The van der Waals surface area contributed by atoms with Gasteiger partial charge in [0.1, 0.15) is 10.0 Å². The van der Waals surface area contributed by atoms with Gasteiger partial charge in [0.15, 0.2) is 0 Å². The fraction of sp³-hybridized carbons (Fsp3) is 0.227. The van der Waals surface area contributed by atoms with Crippen molar-refractivity contribution in [2.45, 2.75) is 30.3 Å². The molecule has 1 atom stereocenters. The molecule has 0 fully saturated rings. The predicted octanol–water partition coefficient (Wildman–Crippen LogP) is 6.78. The summed E-state index contributed by atoms with van der Waals surface area (Å²) in [6, 6.07) is 11.8. The summed E-state index contributed by atoms with van der Waals surface area (Å²) in [4.78, 5) is 29.7. The molecule has 11 heteroatoms. The Morgan fingerprint density at radius 1 is 1.24 bits per heavy atom. The van der Waals surface area contributed by atoms with Crippen molar-refractivity contribution in [2.24, 2.45) is 0 Å². The van der Waals surface area contributed by atoms with Crippen molar-refractivity contribution in [3.8, 4) is 10.4 Å². The van der Waals surface area contributed by atoms with Gasteiger partial charge in [0.2, 0.25) is 5.91 Å². The highest BCUT2D eigenvalue weighted by atomic mass is 35.5. The molecule has 0 aliphatic rings. The summed E-state index contributed by atoms with van der Waals surface area (Å²) in [6.45, 7) is 3.42. The molecule has 0 saturated carbocycles. The molecule has 1 amide bonds. The molecule has 0 saturated heterocycles. The van der Waals surface area contributed by atoms with Crippen molar-refractivity contribution in [1.29, 1.82) is 0 Å². The largest absolute Gasteiger partial charge is 0.462 e. The third-order valence-corrected chi connectivity index (χ3v) is 6.93. The fourth-order valence-electron chi connectivity index (χ4n) is 2.69. The Balaban J connectivity index is 1.80. The molecule has 0 aliphatic carbocycles. The maximum Gasteiger partial charge on any atom is 0.417 e. The number of carbonyl (C=O) groups is 2. The Morgan fingerprint density at radius 2 is 1.94 bits per heavy atom. The number of nitrogens with zero attached hydrogens (tertiary/aromatic N) is 1. The van der Waals surface area contributed by atoms with Crippen LogP contribution in [0, 0.1) is 0 Å². The first-order valence-electron chi connectivity index (χ1n) is 9.66. The average Bonchev–Trinajstić information content (AvgIpc) is 3.19. The van der Waals surface area contributed by atoms with E-state index in [0.29, 0.717) is 11.2 Å². The van der Waals surface area contributed by atoms with E-state index in [1.54, 1.807) is 19.9 Å². The van der Waals surface area contributed by atoms with E-state index in [9.17, 15) is 22.8 Å². The molecule has 33 heavy (non-hydrogen) atoms. The Bertz CT molecular complexity index is 1150. The zero-order valence-electron chi connectivity index (χ0n) is 17.4. The summed E-state index contributed by atoms with van der Waals surface area (Å²) in [6.07, 6.45) is -3.90. The van der Waals surface area contributed by atoms with Crippen LogP contribution in [0.4, 0.5) is 18.2 Å². The lowest BCUT2D eigenvalue weighted by Gasteiger charge is -2.13. The summed E-state index contributed by atoms with van der Waals surface area (Å²) >= 11 is 8.07. The SMILES string of the molecule is CCOC(=O)c1cc(-c2ccccc2)sc1NC(=O)C(C)Sc1ncc(C(F)(F)F)cc1Cl. The highest BCUT2D eigenvalue weighted by Crippen LogP contribution is 2.38. The summed E-state index contributed by atoms with van der Waals surface area (Å²) in [5, 5.41) is 2.17. The number of pyridine rings is 1. The molecule has 0 radical (unpaired) electrons. The molecule has 174 valence electrons. The second kappa shape index (κ2) is 10.6. The van der Waals surface area contributed by atoms with E-state index in [1.165, 1.54) is 11.3 Å². The lowest BCUT2D eigenvalue weighted by atomic mass is 10.1. The number of halogens is 4. The van der Waals surface area contributed by atoms with Crippen molar-refractivity contribution in [3.63, 3.8) is 0 Å². The minimum atomic E-state index is -4.57. The first-order valence-corrected chi connectivity index (χ1v) is 11.7. The van der Waals surface area contributed by atoms with Gasteiger partial charge in [-0.3, -0.25) is 4.79 Å². The third kappa shape index (κ3) is 6.27. The number of ether oxygens (including phenoxy) is 1. The number of thiophene rings is 1. The molecule has 5 nitrogen and oxygen atoms in total. The second-order valence-electron chi connectivity index (χ2n) is 6.70. The van der Waals surface area contributed by atoms with Crippen LogP contribution in [0.25, 0.3) is 10.4 Å². The van der Waals surface area contributed by atoms with Crippen LogP contribution in [0.15, 0.2) is 53.7 Å². The molecule has 0 bridgehead atoms. The maximum atomic E-state index is 12.8. The Labute approximate surface area is 201 Å². The monoisotopic (exact) mass is 514 g/mol. The van der Waals surface area contributed by atoms with Crippen LogP contribution in [0.1, 0.15) is 29.8 Å². The molecule has 2 heterocycles. The number of hydrogen-bond donors (Lipinski definition) is 1. The van der Waals surface area contributed by atoms with Crippen LogP contribution in [-0.2, 0) is 15.7 Å². The number of anilines is 1. The van der Waals surface area contributed by atoms with E-state index in [4.69, 9.17) is 16.3 Å². The average molecular weight is 515 g/mol. The number of amides is 1. The van der Waals surface area contributed by atoms with E-state index < -0.39 is 28.9 Å². The van der Waals surface area contributed by atoms with Gasteiger partial charge in [0, 0.05) is 11.1 Å². The fourth-order valence-corrected chi connectivity index (χ4v) is 4.83. The lowest BCUT2D eigenvalue weighted by molar-refractivity contribution is -0.137. The van der Waals surface area contributed by atoms with Gasteiger partial charge in [0.05, 0.1) is 28.0 Å². The van der Waals surface area contributed by atoms with E-state index in [2.05, 4.69) is 10.3 Å². The minimum Gasteiger partial charge on any atom is -0.462 e. The van der Waals surface area contributed by atoms with Crippen LogP contribution in [0.3, 0.4) is 0 Å². The molecule has 1 aromatic carbocycles. The van der Waals surface area contributed by atoms with E-state index in [1.807, 2.05) is 30.3 Å². The van der Waals surface area contributed by atoms with Gasteiger partial charge >= 0.3 is 12.1 Å². The lowest BCUT2D eigenvalue weighted by Crippen LogP contribution is -2.23. The van der Waals surface area contributed by atoms with Gasteiger partial charge in [-0.05, 0) is 31.5 Å². The highest BCUT2D eigenvalue weighted by molar-refractivity contribution is 8.00. The number of carbonyl (C=O) groups excluding carboxylic acids is 2. The Hall–Kier alpha value is -2.56. The third-order valence-electron chi connectivity index (χ3n) is 4.31. The molecule has 3 rings (SSSR count). The Morgan fingerprint density at radius 3 is 2.55 bits per heavy atom.